The van der Waals surface area contributed by atoms with Gasteiger partial charge < -0.3 is 10.6 Å². The van der Waals surface area contributed by atoms with Crippen molar-refractivity contribution in [3.8, 4) is 0 Å². The number of anilines is 1. The fourth-order valence-electron chi connectivity index (χ4n) is 3.71. The minimum atomic E-state index is -0.241. The van der Waals surface area contributed by atoms with Gasteiger partial charge in [-0.3, -0.25) is 9.59 Å². The molecule has 0 spiro atoms. The average molecular weight is 445 g/mol. The summed E-state index contributed by atoms with van der Waals surface area (Å²) in [5.74, 6) is 0.381. The van der Waals surface area contributed by atoms with Gasteiger partial charge in [-0.2, -0.15) is 0 Å². The third-order valence-corrected chi connectivity index (χ3v) is 6.50. The van der Waals surface area contributed by atoms with Crippen LogP contribution in [0.4, 0.5) is 5.69 Å². The number of thiophene rings is 1. The summed E-state index contributed by atoms with van der Waals surface area (Å²) < 4.78 is 0. The Balaban J connectivity index is 1.51. The molecule has 32 heavy (non-hydrogen) atoms. The molecule has 2 aromatic carbocycles. The Morgan fingerprint density at radius 2 is 1.69 bits per heavy atom. The lowest BCUT2D eigenvalue weighted by Gasteiger charge is -2.15. The first-order chi connectivity index (χ1) is 15.3. The second-order valence-electron chi connectivity index (χ2n) is 7.73. The number of hydrogen-bond donors (Lipinski definition) is 2. The maximum atomic E-state index is 13.0. The van der Waals surface area contributed by atoms with E-state index in [1.165, 1.54) is 11.3 Å². The molecule has 0 bridgehead atoms. The molecule has 2 aromatic heterocycles. The van der Waals surface area contributed by atoms with Gasteiger partial charge in [-0.15, -0.1) is 11.3 Å². The van der Waals surface area contributed by atoms with Crippen LogP contribution in [0, 0.1) is 20.8 Å². The van der Waals surface area contributed by atoms with Crippen LogP contribution in [0.5, 0.6) is 0 Å². The monoisotopic (exact) mass is 444 g/mol. The molecule has 6 nitrogen and oxygen atoms in total. The topological polar surface area (TPSA) is 84.0 Å². The van der Waals surface area contributed by atoms with E-state index >= 15 is 0 Å². The Kier molecular flexibility index (Phi) is 6.01. The molecule has 2 heterocycles. The van der Waals surface area contributed by atoms with Crippen LogP contribution in [0.25, 0.3) is 10.2 Å². The second kappa shape index (κ2) is 8.88. The van der Waals surface area contributed by atoms with E-state index in [0.29, 0.717) is 22.0 Å². The van der Waals surface area contributed by atoms with Crippen LogP contribution in [0.15, 0.2) is 54.6 Å². The van der Waals surface area contributed by atoms with Crippen LogP contribution in [0.1, 0.15) is 55.6 Å². The molecule has 2 amide bonds. The first kappa shape index (κ1) is 21.6. The van der Waals surface area contributed by atoms with Crippen LogP contribution in [0.3, 0.4) is 0 Å². The van der Waals surface area contributed by atoms with Crippen molar-refractivity contribution >= 4 is 39.1 Å². The van der Waals surface area contributed by atoms with Crippen LogP contribution >= 0.6 is 11.3 Å². The zero-order chi connectivity index (χ0) is 22.8. The number of aromatic nitrogens is 2. The maximum absolute atomic E-state index is 13.0. The van der Waals surface area contributed by atoms with Crippen LogP contribution < -0.4 is 10.6 Å². The molecule has 0 aliphatic heterocycles. The van der Waals surface area contributed by atoms with Crippen molar-refractivity contribution in [2.75, 3.05) is 5.32 Å². The lowest BCUT2D eigenvalue weighted by Crippen LogP contribution is -2.26. The smallest absolute Gasteiger partial charge is 0.262 e. The largest absolute Gasteiger partial charge is 0.345 e. The molecular weight excluding hydrogens is 420 g/mol. The molecule has 0 fully saturated rings. The van der Waals surface area contributed by atoms with Gasteiger partial charge in [0.15, 0.2) is 0 Å². The maximum Gasteiger partial charge on any atom is 0.262 e. The predicted molar refractivity (Wildman–Crippen MR) is 128 cm³/mol. The molecule has 0 saturated heterocycles. The number of nitrogens with one attached hydrogen (secondary N) is 2. The predicted octanol–water partition coefficient (Wildman–Crippen LogP) is 5.36. The van der Waals surface area contributed by atoms with Crippen molar-refractivity contribution < 1.29 is 9.59 Å². The van der Waals surface area contributed by atoms with Crippen molar-refractivity contribution in [3.63, 3.8) is 0 Å². The highest BCUT2D eigenvalue weighted by Crippen LogP contribution is 2.31. The Hall–Kier alpha value is -3.58. The molecule has 0 aliphatic rings. The lowest BCUT2D eigenvalue weighted by molar-refractivity contribution is 0.0942. The molecule has 0 radical (unpaired) electrons. The fraction of sp³-hybridized carbons (Fsp3) is 0.200. The van der Waals surface area contributed by atoms with E-state index < -0.39 is 0 Å². The van der Waals surface area contributed by atoms with Gasteiger partial charge in [0, 0.05) is 22.3 Å². The van der Waals surface area contributed by atoms with Gasteiger partial charge in [-0.25, -0.2) is 9.97 Å². The van der Waals surface area contributed by atoms with E-state index in [0.717, 1.165) is 27.0 Å². The molecule has 4 aromatic rings. The van der Waals surface area contributed by atoms with Crippen molar-refractivity contribution in [2.24, 2.45) is 0 Å². The van der Waals surface area contributed by atoms with Gasteiger partial charge >= 0.3 is 0 Å². The summed E-state index contributed by atoms with van der Waals surface area (Å²) in [6.07, 6.45) is 0. The second-order valence-corrected chi connectivity index (χ2v) is 8.73. The quantitative estimate of drug-likeness (QED) is 0.434. The van der Waals surface area contributed by atoms with E-state index in [2.05, 4.69) is 20.6 Å². The Bertz CT molecular complexity index is 1310. The third kappa shape index (κ3) is 4.38. The minimum Gasteiger partial charge on any atom is -0.345 e. The summed E-state index contributed by atoms with van der Waals surface area (Å²) in [4.78, 5) is 35.9. The molecule has 7 heteroatoms. The molecule has 1 unspecified atom stereocenters. The Morgan fingerprint density at radius 3 is 2.44 bits per heavy atom. The van der Waals surface area contributed by atoms with E-state index in [1.54, 1.807) is 12.1 Å². The van der Waals surface area contributed by atoms with Crippen molar-refractivity contribution in [1.29, 1.82) is 0 Å². The lowest BCUT2D eigenvalue weighted by atomic mass is 10.1. The van der Waals surface area contributed by atoms with Gasteiger partial charge in [-0.1, -0.05) is 30.3 Å². The molecule has 1 atom stereocenters. The standard InChI is InChI=1S/C25H24N4O2S/c1-14-21-16(3)26-17(4)28-25(21)32-22(14)24(31)27-15(2)19-11-8-12-20(13-19)29-23(30)18-9-6-5-7-10-18/h5-13,15H,1-4H3,(H,27,31)(H,29,30). The van der Waals surface area contributed by atoms with Gasteiger partial charge in [0.25, 0.3) is 11.8 Å². The van der Waals surface area contributed by atoms with Gasteiger partial charge in [0.1, 0.15) is 10.7 Å². The summed E-state index contributed by atoms with van der Waals surface area (Å²) in [6.45, 7) is 7.65. The summed E-state index contributed by atoms with van der Waals surface area (Å²) in [7, 11) is 0. The molecule has 4 rings (SSSR count). The van der Waals surface area contributed by atoms with E-state index in [1.807, 2.05) is 70.2 Å². The summed E-state index contributed by atoms with van der Waals surface area (Å²) >= 11 is 1.39. The zero-order valence-corrected chi connectivity index (χ0v) is 19.2. The number of fused-ring (bicyclic) bond motifs is 1. The summed E-state index contributed by atoms with van der Waals surface area (Å²) in [5.41, 5.74) is 3.95. The van der Waals surface area contributed by atoms with Crippen molar-refractivity contribution in [1.82, 2.24) is 15.3 Å². The number of carbonyl (C=O) groups excluding carboxylic acids is 2. The zero-order valence-electron chi connectivity index (χ0n) is 18.4. The molecule has 162 valence electrons. The minimum absolute atomic E-state index is 0.145. The highest BCUT2D eigenvalue weighted by Gasteiger charge is 2.20. The normalized spacial score (nSPS) is 11.9. The highest BCUT2D eigenvalue weighted by atomic mass is 32.1. The van der Waals surface area contributed by atoms with Gasteiger partial charge in [0.2, 0.25) is 0 Å². The molecular formula is C25H24N4O2S. The fourth-order valence-corrected chi connectivity index (χ4v) is 4.90. The van der Waals surface area contributed by atoms with E-state index in [4.69, 9.17) is 0 Å². The van der Waals surface area contributed by atoms with Gasteiger partial charge in [-0.05, 0) is 63.1 Å². The highest BCUT2D eigenvalue weighted by molar-refractivity contribution is 7.20. The third-order valence-electron chi connectivity index (χ3n) is 5.32. The number of amides is 2. The van der Waals surface area contributed by atoms with Crippen molar-refractivity contribution in [2.45, 2.75) is 33.7 Å². The summed E-state index contributed by atoms with van der Waals surface area (Å²) in [5, 5.41) is 6.93. The number of hydrogen-bond acceptors (Lipinski definition) is 5. The number of carbonyl (C=O) groups is 2. The Labute approximate surface area is 190 Å². The number of benzene rings is 2. The molecule has 0 saturated carbocycles. The first-order valence-electron chi connectivity index (χ1n) is 10.3. The summed E-state index contributed by atoms with van der Waals surface area (Å²) in [6, 6.07) is 16.3. The SMILES string of the molecule is Cc1nc(C)c2c(C)c(C(=O)NC(C)c3cccc(NC(=O)c4ccccc4)c3)sc2n1. The van der Waals surface area contributed by atoms with E-state index in [9.17, 15) is 9.59 Å². The van der Waals surface area contributed by atoms with E-state index in [-0.39, 0.29) is 17.9 Å². The Morgan fingerprint density at radius 1 is 0.938 bits per heavy atom. The van der Waals surface area contributed by atoms with Gasteiger partial charge in [0.05, 0.1) is 10.9 Å². The number of aryl methyl sites for hydroxylation is 3. The van der Waals surface area contributed by atoms with Crippen molar-refractivity contribution in [3.05, 3.63) is 87.7 Å². The van der Waals surface area contributed by atoms with Crippen LogP contribution in [-0.2, 0) is 0 Å². The van der Waals surface area contributed by atoms with Crippen LogP contribution in [-0.4, -0.2) is 21.8 Å². The first-order valence-corrected chi connectivity index (χ1v) is 11.2. The number of rotatable bonds is 5. The number of nitrogens with zero attached hydrogens (tertiary/aromatic N) is 2. The average Bonchev–Trinajstić information content (AvgIpc) is 3.11. The molecule has 0 aliphatic carbocycles. The molecule has 2 N–H and O–H groups in total. The van der Waals surface area contributed by atoms with Crippen LogP contribution in [0.2, 0.25) is 0 Å².